The number of benzene rings is 1. The van der Waals surface area contributed by atoms with Crippen LogP contribution < -0.4 is 10.6 Å². The molecule has 0 aromatic heterocycles. The zero-order chi connectivity index (χ0) is 13.5. The van der Waals surface area contributed by atoms with Gasteiger partial charge in [-0.25, -0.2) is 0 Å². The van der Waals surface area contributed by atoms with Gasteiger partial charge >= 0.3 is 0 Å². The van der Waals surface area contributed by atoms with E-state index in [0.29, 0.717) is 6.04 Å². The predicted octanol–water partition coefficient (Wildman–Crippen LogP) is 3.20. The highest BCUT2D eigenvalue weighted by molar-refractivity contribution is 6.02. The maximum atomic E-state index is 4.95. The fourth-order valence-corrected chi connectivity index (χ4v) is 3.07. The molecular weight excluding hydrogens is 234 g/mol. The first-order chi connectivity index (χ1) is 9.06. The Morgan fingerprint density at radius 3 is 2.84 bits per heavy atom. The molecule has 3 nitrogen and oxygen atoms in total. The first-order valence-corrected chi connectivity index (χ1v) is 7.27. The maximum Gasteiger partial charge on any atom is 0.119 e. The molecule has 0 aliphatic carbocycles. The molecule has 19 heavy (non-hydrogen) atoms. The van der Waals surface area contributed by atoms with Crippen LogP contribution in [0.15, 0.2) is 23.2 Å². The zero-order valence-electron chi connectivity index (χ0n) is 12.1. The third-order valence-corrected chi connectivity index (χ3v) is 4.14. The van der Waals surface area contributed by atoms with Gasteiger partial charge in [0.2, 0.25) is 0 Å². The van der Waals surface area contributed by atoms with Gasteiger partial charge < -0.3 is 10.6 Å². The van der Waals surface area contributed by atoms with Gasteiger partial charge in [-0.3, -0.25) is 4.99 Å². The van der Waals surface area contributed by atoms with Crippen LogP contribution in [-0.4, -0.2) is 18.4 Å². The summed E-state index contributed by atoms with van der Waals surface area (Å²) in [5.74, 6) is 1.11. The Morgan fingerprint density at radius 1 is 1.26 bits per heavy atom. The van der Waals surface area contributed by atoms with Crippen LogP contribution in [0.25, 0.3) is 0 Å². The number of hydrogen-bond acceptors (Lipinski definition) is 3. The Balaban J connectivity index is 1.95. The van der Waals surface area contributed by atoms with Crippen molar-refractivity contribution in [1.82, 2.24) is 5.32 Å². The van der Waals surface area contributed by atoms with Gasteiger partial charge in [0.05, 0.1) is 11.6 Å². The van der Waals surface area contributed by atoms with Crippen molar-refractivity contribution in [2.45, 2.75) is 51.6 Å². The molecule has 0 radical (unpaired) electrons. The number of nitrogens with one attached hydrogen (secondary N) is 2. The van der Waals surface area contributed by atoms with E-state index in [4.69, 9.17) is 4.99 Å². The molecule has 1 unspecified atom stereocenters. The summed E-state index contributed by atoms with van der Waals surface area (Å²) < 4.78 is 0. The topological polar surface area (TPSA) is 36.4 Å². The third kappa shape index (κ3) is 2.39. The minimum absolute atomic E-state index is 0.136. The lowest BCUT2D eigenvalue weighted by molar-refractivity contribution is 0.461. The Bertz CT molecular complexity index is 511. The summed E-state index contributed by atoms with van der Waals surface area (Å²) in [5, 5.41) is 7.13. The van der Waals surface area contributed by atoms with E-state index >= 15 is 0 Å². The van der Waals surface area contributed by atoms with Gasteiger partial charge in [-0.1, -0.05) is 18.6 Å². The Morgan fingerprint density at radius 2 is 2.11 bits per heavy atom. The van der Waals surface area contributed by atoms with Crippen molar-refractivity contribution in [3.8, 4) is 0 Å². The normalized spacial score (nSPS) is 25.2. The van der Waals surface area contributed by atoms with E-state index in [9.17, 15) is 0 Å². The van der Waals surface area contributed by atoms with Crippen molar-refractivity contribution >= 4 is 11.5 Å². The lowest BCUT2D eigenvalue weighted by Crippen LogP contribution is -2.46. The minimum Gasteiger partial charge on any atom is -0.342 e. The maximum absolute atomic E-state index is 4.95. The molecule has 2 aliphatic heterocycles. The summed E-state index contributed by atoms with van der Waals surface area (Å²) >= 11 is 0. The van der Waals surface area contributed by atoms with E-state index in [0.717, 1.165) is 12.4 Å². The van der Waals surface area contributed by atoms with Crippen LogP contribution in [0, 0.1) is 6.92 Å². The van der Waals surface area contributed by atoms with Crippen molar-refractivity contribution < 1.29 is 0 Å². The van der Waals surface area contributed by atoms with Gasteiger partial charge in [0, 0.05) is 11.3 Å². The number of hydrogen-bond donors (Lipinski definition) is 2. The van der Waals surface area contributed by atoms with Gasteiger partial charge in [-0.05, 0) is 51.8 Å². The third-order valence-electron chi connectivity index (χ3n) is 4.14. The molecule has 0 spiro atoms. The Kier molecular flexibility index (Phi) is 3.09. The fourth-order valence-electron chi connectivity index (χ4n) is 3.07. The van der Waals surface area contributed by atoms with Crippen LogP contribution in [0.3, 0.4) is 0 Å². The highest BCUT2D eigenvalue weighted by atomic mass is 15.1. The number of aliphatic imine (C=N–C) groups is 1. The SMILES string of the molecule is Cc1ccc2c(c1)NC(C1CCCCN1)=NC2(C)C. The first kappa shape index (κ1) is 12.7. The van der Waals surface area contributed by atoms with E-state index in [1.54, 1.807) is 0 Å². The smallest absolute Gasteiger partial charge is 0.119 e. The van der Waals surface area contributed by atoms with Crippen molar-refractivity contribution in [3.63, 3.8) is 0 Å². The zero-order valence-corrected chi connectivity index (χ0v) is 12.1. The summed E-state index contributed by atoms with van der Waals surface area (Å²) in [6.07, 6.45) is 3.76. The first-order valence-electron chi connectivity index (χ1n) is 7.27. The van der Waals surface area contributed by atoms with Crippen LogP contribution in [0.2, 0.25) is 0 Å². The van der Waals surface area contributed by atoms with Crippen molar-refractivity contribution in [1.29, 1.82) is 0 Å². The Hall–Kier alpha value is -1.35. The molecule has 1 aromatic rings. The lowest BCUT2D eigenvalue weighted by atomic mass is 9.89. The van der Waals surface area contributed by atoms with Gasteiger partial charge in [0.25, 0.3) is 0 Å². The molecule has 0 bridgehead atoms. The number of piperidine rings is 1. The van der Waals surface area contributed by atoms with Crippen LogP contribution in [-0.2, 0) is 5.54 Å². The number of aryl methyl sites for hydroxylation is 1. The van der Waals surface area contributed by atoms with Gasteiger partial charge in [-0.2, -0.15) is 0 Å². The molecule has 1 saturated heterocycles. The monoisotopic (exact) mass is 257 g/mol. The second-order valence-electron chi connectivity index (χ2n) is 6.23. The van der Waals surface area contributed by atoms with E-state index in [2.05, 4.69) is 49.6 Å². The number of anilines is 1. The molecule has 0 amide bonds. The molecule has 1 atom stereocenters. The molecule has 1 aromatic carbocycles. The van der Waals surface area contributed by atoms with Crippen molar-refractivity contribution in [2.75, 3.05) is 11.9 Å². The summed E-state index contributed by atoms with van der Waals surface area (Å²) in [6.45, 7) is 7.64. The summed E-state index contributed by atoms with van der Waals surface area (Å²) in [4.78, 5) is 4.95. The second-order valence-corrected chi connectivity index (χ2v) is 6.23. The molecule has 1 fully saturated rings. The average Bonchev–Trinajstić information content (AvgIpc) is 2.38. The second kappa shape index (κ2) is 4.64. The lowest BCUT2D eigenvalue weighted by Gasteiger charge is -2.35. The molecule has 3 heteroatoms. The average molecular weight is 257 g/mol. The summed E-state index contributed by atoms with van der Waals surface area (Å²) in [6, 6.07) is 6.99. The molecule has 102 valence electrons. The highest BCUT2D eigenvalue weighted by Gasteiger charge is 2.31. The van der Waals surface area contributed by atoms with Crippen molar-refractivity contribution in [2.24, 2.45) is 4.99 Å². The number of rotatable bonds is 1. The molecule has 2 N–H and O–H groups in total. The quantitative estimate of drug-likeness (QED) is 0.810. The van der Waals surface area contributed by atoms with E-state index in [-0.39, 0.29) is 5.54 Å². The van der Waals surface area contributed by atoms with Crippen LogP contribution in [0.5, 0.6) is 0 Å². The van der Waals surface area contributed by atoms with Crippen LogP contribution in [0.1, 0.15) is 44.2 Å². The largest absolute Gasteiger partial charge is 0.342 e. The van der Waals surface area contributed by atoms with Gasteiger partial charge in [-0.15, -0.1) is 0 Å². The van der Waals surface area contributed by atoms with E-state index < -0.39 is 0 Å². The number of fused-ring (bicyclic) bond motifs is 1. The molecular formula is C16H23N3. The van der Waals surface area contributed by atoms with Gasteiger partial charge in [0.1, 0.15) is 5.84 Å². The molecule has 2 aliphatic rings. The summed E-state index contributed by atoms with van der Waals surface area (Å²) in [5.41, 5.74) is 3.67. The molecule has 2 heterocycles. The fraction of sp³-hybridized carbons (Fsp3) is 0.562. The molecule has 0 saturated carbocycles. The van der Waals surface area contributed by atoms with Crippen LogP contribution >= 0.6 is 0 Å². The van der Waals surface area contributed by atoms with Gasteiger partial charge in [0.15, 0.2) is 0 Å². The number of nitrogens with zero attached hydrogens (tertiary/aromatic N) is 1. The number of amidine groups is 1. The Labute approximate surface area is 115 Å². The summed E-state index contributed by atoms with van der Waals surface area (Å²) in [7, 11) is 0. The van der Waals surface area contributed by atoms with E-state index in [1.807, 2.05) is 0 Å². The highest BCUT2D eigenvalue weighted by Crippen LogP contribution is 2.36. The standard InChI is InChI=1S/C16H23N3/c1-11-7-8-12-14(10-11)18-15(19-16(12,2)3)13-6-4-5-9-17-13/h7-8,10,13,17H,4-6,9H2,1-3H3,(H,18,19). The van der Waals surface area contributed by atoms with E-state index in [1.165, 1.54) is 36.1 Å². The van der Waals surface area contributed by atoms with Crippen molar-refractivity contribution in [3.05, 3.63) is 29.3 Å². The predicted molar refractivity (Wildman–Crippen MR) is 80.9 cm³/mol. The van der Waals surface area contributed by atoms with Crippen LogP contribution in [0.4, 0.5) is 5.69 Å². The molecule has 3 rings (SSSR count). The minimum atomic E-state index is -0.136.